The maximum atomic E-state index is 13.2. The molecule has 1 aliphatic heterocycles. The molecular formula is C25H31N3O6. The number of amides is 3. The van der Waals surface area contributed by atoms with Gasteiger partial charge in [-0.25, -0.2) is 0 Å². The lowest BCUT2D eigenvalue weighted by Crippen LogP contribution is -2.52. The first-order chi connectivity index (χ1) is 16.3. The third-order valence-corrected chi connectivity index (χ3v) is 5.43. The van der Waals surface area contributed by atoms with Gasteiger partial charge in [0.05, 0.1) is 13.7 Å². The first-order valence-electron chi connectivity index (χ1n) is 11.3. The van der Waals surface area contributed by atoms with Crippen LogP contribution in [0.5, 0.6) is 17.2 Å². The lowest BCUT2D eigenvalue weighted by atomic mass is 10.0. The van der Waals surface area contributed by atoms with E-state index in [2.05, 4.69) is 10.6 Å². The van der Waals surface area contributed by atoms with Crippen LogP contribution in [0, 0.1) is 5.92 Å². The second kappa shape index (κ2) is 11.4. The number of fused-ring (bicyclic) bond motifs is 1. The van der Waals surface area contributed by atoms with E-state index in [-0.39, 0.29) is 30.2 Å². The van der Waals surface area contributed by atoms with Crippen molar-refractivity contribution in [2.75, 3.05) is 38.7 Å². The van der Waals surface area contributed by atoms with Crippen molar-refractivity contribution < 1.29 is 28.6 Å². The number of methoxy groups -OCH3 is 1. The molecule has 2 aromatic carbocycles. The lowest BCUT2D eigenvalue weighted by Gasteiger charge is -2.28. The highest BCUT2D eigenvalue weighted by Crippen LogP contribution is 2.32. The van der Waals surface area contributed by atoms with Crippen molar-refractivity contribution in [2.45, 2.75) is 26.8 Å². The van der Waals surface area contributed by atoms with Crippen LogP contribution in [0.4, 0.5) is 5.69 Å². The van der Waals surface area contributed by atoms with Gasteiger partial charge in [0.15, 0.2) is 11.5 Å². The van der Waals surface area contributed by atoms with E-state index in [1.54, 1.807) is 56.5 Å². The number of carbonyl (C=O) groups is 3. The molecule has 3 rings (SSSR count). The van der Waals surface area contributed by atoms with Gasteiger partial charge in [0, 0.05) is 23.9 Å². The number of hydrogen-bond acceptors (Lipinski definition) is 6. The largest absolute Gasteiger partial charge is 0.497 e. The average molecular weight is 470 g/mol. The third kappa shape index (κ3) is 6.18. The maximum Gasteiger partial charge on any atom is 0.251 e. The Morgan fingerprint density at radius 2 is 1.71 bits per heavy atom. The summed E-state index contributed by atoms with van der Waals surface area (Å²) in [5.41, 5.74) is 0.963. The molecule has 1 heterocycles. The third-order valence-electron chi connectivity index (χ3n) is 5.43. The first-order valence-corrected chi connectivity index (χ1v) is 11.3. The fraction of sp³-hybridized carbons (Fsp3) is 0.400. The lowest BCUT2D eigenvalue weighted by molar-refractivity contribution is -0.137. The highest BCUT2D eigenvalue weighted by atomic mass is 16.6. The predicted molar refractivity (Wildman–Crippen MR) is 127 cm³/mol. The van der Waals surface area contributed by atoms with E-state index in [0.29, 0.717) is 48.3 Å². The molecule has 0 aliphatic carbocycles. The van der Waals surface area contributed by atoms with Gasteiger partial charge in [0.25, 0.3) is 5.91 Å². The van der Waals surface area contributed by atoms with E-state index in [0.717, 1.165) is 0 Å². The Morgan fingerprint density at radius 1 is 1.03 bits per heavy atom. The van der Waals surface area contributed by atoms with E-state index in [4.69, 9.17) is 14.2 Å². The number of benzene rings is 2. The molecule has 0 spiro atoms. The smallest absolute Gasteiger partial charge is 0.251 e. The molecule has 1 aliphatic rings. The molecule has 0 radical (unpaired) electrons. The Hall–Kier alpha value is -3.75. The van der Waals surface area contributed by atoms with Gasteiger partial charge in [-0.2, -0.15) is 0 Å². The average Bonchev–Trinajstić information content (AvgIpc) is 2.85. The number of anilines is 1. The normalized spacial score (nSPS) is 13.1. The summed E-state index contributed by atoms with van der Waals surface area (Å²) in [4.78, 5) is 40.1. The minimum atomic E-state index is -0.781. The first kappa shape index (κ1) is 24.9. The summed E-state index contributed by atoms with van der Waals surface area (Å²) in [6.45, 7) is 6.58. The zero-order chi connectivity index (χ0) is 24.7. The van der Waals surface area contributed by atoms with Crippen LogP contribution in [0.2, 0.25) is 0 Å². The molecule has 0 saturated carbocycles. The molecule has 2 aromatic rings. The van der Waals surface area contributed by atoms with Crippen LogP contribution in [0.1, 0.15) is 31.1 Å². The van der Waals surface area contributed by atoms with Crippen LogP contribution in [0.25, 0.3) is 0 Å². The summed E-state index contributed by atoms with van der Waals surface area (Å²) in [5, 5.41) is 5.60. The van der Waals surface area contributed by atoms with Crippen LogP contribution in [-0.4, -0.2) is 62.1 Å². The number of ether oxygens (including phenoxy) is 3. The monoisotopic (exact) mass is 469 g/mol. The second-order valence-electron chi connectivity index (χ2n) is 8.18. The fourth-order valence-electron chi connectivity index (χ4n) is 3.52. The number of nitrogens with one attached hydrogen (secondary N) is 2. The van der Waals surface area contributed by atoms with E-state index < -0.39 is 6.04 Å². The summed E-state index contributed by atoms with van der Waals surface area (Å²) < 4.78 is 16.1. The standard InChI is InChI=1S/C25H31N3O6/c1-5-28(15-22(29)26-18-8-11-20-21(14-18)34-13-12-33-20)25(31)23(16(2)3)27-24(30)17-6-9-19(32-4)10-7-17/h6-11,14,16,23H,5,12-13,15H2,1-4H3,(H,26,29)(H,27,30). The van der Waals surface area contributed by atoms with Gasteiger partial charge >= 0.3 is 0 Å². The molecular weight excluding hydrogens is 438 g/mol. The Balaban J connectivity index is 1.64. The zero-order valence-electron chi connectivity index (χ0n) is 19.9. The van der Waals surface area contributed by atoms with Crippen molar-refractivity contribution in [3.63, 3.8) is 0 Å². The van der Waals surface area contributed by atoms with Crippen molar-refractivity contribution in [1.82, 2.24) is 10.2 Å². The SMILES string of the molecule is CCN(CC(=O)Nc1ccc2c(c1)OCCO2)C(=O)C(NC(=O)c1ccc(OC)cc1)C(C)C. The molecule has 0 aromatic heterocycles. The van der Waals surface area contributed by atoms with E-state index in [1.165, 1.54) is 4.90 Å². The molecule has 34 heavy (non-hydrogen) atoms. The van der Waals surface area contributed by atoms with Crippen LogP contribution < -0.4 is 24.8 Å². The Kier molecular flexibility index (Phi) is 8.34. The molecule has 1 unspecified atom stereocenters. The highest BCUT2D eigenvalue weighted by Gasteiger charge is 2.29. The minimum absolute atomic E-state index is 0.147. The van der Waals surface area contributed by atoms with Crippen molar-refractivity contribution in [1.29, 1.82) is 0 Å². The van der Waals surface area contributed by atoms with Crippen LogP contribution in [0.15, 0.2) is 42.5 Å². The summed E-state index contributed by atoms with van der Waals surface area (Å²) in [6.07, 6.45) is 0. The van der Waals surface area contributed by atoms with Crippen LogP contribution >= 0.6 is 0 Å². The van der Waals surface area contributed by atoms with Crippen molar-refractivity contribution in [3.8, 4) is 17.2 Å². The number of carbonyl (C=O) groups excluding carboxylic acids is 3. The van der Waals surface area contributed by atoms with E-state index >= 15 is 0 Å². The Bertz CT molecular complexity index is 1020. The van der Waals surface area contributed by atoms with E-state index in [9.17, 15) is 14.4 Å². The van der Waals surface area contributed by atoms with Gasteiger partial charge in [-0.05, 0) is 49.2 Å². The molecule has 3 amide bonds. The molecule has 0 bridgehead atoms. The summed E-state index contributed by atoms with van der Waals surface area (Å²) in [5.74, 6) is 0.605. The second-order valence-corrected chi connectivity index (χ2v) is 8.18. The quantitative estimate of drug-likeness (QED) is 0.585. The van der Waals surface area contributed by atoms with Gasteiger partial charge in [-0.15, -0.1) is 0 Å². The molecule has 182 valence electrons. The topological polar surface area (TPSA) is 106 Å². The maximum absolute atomic E-state index is 13.2. The number of hydrogen-bond donors (Lipinski definition) is 2. The number of nitrogens with zero attached hydrogens (tertiary/aromatic N) is 1. The Morgan fingerprint density at radius 3 is 2.32 bits per heavy atom. The Labute approximate surface area is 199 Å². The number of rotatable bonds is 9. The van der Waals surface area contributed by atoms with Gasteiger partial charge in [0.1, 0.15) is 25.0 Å². The van der Waals surface area contributed by atoms with Gasteiger partial charge in [-0.1, -0.05) is 13.8 Å². The van der Waals surface area contributed by atoms with Gasteiger partial charge in [-0.3, -0.25) is 14.4 Å². The minimum Gasteiger partial charge on any atom is -0.497 e. The highest BCUT2D eigenvalue weighted by molar-refractivity contribution is 5.99. The van der Waals surface area contributed by atoms with Crippen molar-refractivity contribution in [2.24, 2.45) is 5.92 Å². The van der Waals surface area contributed by atoms with E-state index in [1.807, 2.05) is 13.8 Å². The molecule has 9 heteroatoms. The predicted octanol–water partition coefficient (Wildman–Crippen LogP) is 2.71. The van der Waals surface area contributed by atoms with Gasteiger partial charge < -0.3 is 29.7 Å². The summed E-state index contributed by atoms with van der Waals surface area (Å²) >= 11 is 0. The summed E-state index contributed by atoms with van der Waals surface area (Å²) in [7, 11) is 1.55. The molecule has 2 N–H and O–H groups in total. The van der Waals surface area contributed by atoms with Crippen LogP contribution in [0.3, 0.4) is 0 Å². The summed E-state index contributed by atoms with van der Waals surface area (Å²) in [6, 6.07) is 11.0. The van der Waals surface area contributed by atoms with Crippen molar-refractivity contribution >= 4 is 23.4 Å². The number of likely N-dealkylation sites (N-methyl/N-ethyl adjacent to an activating group) is 1. The zero-order valence-corrected chi connectivity index (χ0v) is 19.9. The van der Waals surface area contributed by atoms with Crippen LogP contribution in [-0.2, 0) is 9.59 Å². The fourth-order valence-corrected chi connectivity index (χ4v) is 3.52. The van der Waals surface area contributed by atoms with Gasteiger partial charge in [0.2, 0.25) is 11.8 Å². The molecule has 0 fully saturated rings. The molecule has 1 atom stereocenters. The molecule has 9 nitrogen and oxygen atoms in total. The molecule has 0 saturated heterocycles. The van der Waals surface area contributed by atoms with Crippen molar-refractivity contribution in [3.05, 3.63) is 48.0 Å².